The van der Waals surface area contributed by atoms with Crippen molar-refractivity contribution in [2.45, 2.75) is 45.3 Å². The minimum Gasteiger partial charge on any atom is -0.474 e. The van der Waals surface area contributed by atoms with E-state index in [0.717, 1.165) is 37.4 Å². The molecule has 1 aromatic rings. The average molecular weight is 332 g/mol. The van der Waals surface area contributed by atoms with Crippen molar-refractivity contribution in [2.24, 2.45) is 16.6 Å². The normalized spacial score (nSPS) is 25.5. The van der Waals surface area contributed by atoms with Gasteiger partial charge in [-0.15, -0.1) is 0 Å². The van der Waals surface area contributed by atoms with Gasteiger partial charge in [-0.2, -0.15) is 0 Å². The van der Waals surface area contributed by atoms with Crippen LogP contribution in [0.1, 0.15) is 38.2 Å². The lowest BCUT2D eigenvalue weighted by molar-refractivity contribution is 0.0674. The average Bonchev–Trinajstić information content (AvgIpc) is 2.63. The maximum Gasteiger partial charge on any atom is 0.213 e. The Hall–Kier alpha value is -1.82. The third kappa shape index (κ3) is 4.84. The second kappa shape index (κ2) is 8.33. The van der Waals surface area contributed by atoms with Gasteiger partial charge in [-0.05, 0) is 43.2 Å². The number of nitrogens with two attached hydrogens (primary N) is 1. The molecule has 0 radical (unpaired) electrons. The Kier molecular flexibility index (Phi) is 5.91. The van der Waals surface area contributed by atoms with Gasteiger partial charge in [0, 0.05) is 25.4 Å². The van der Waals surface area contributed by atoms with E-state index in [2.05, 4.69) is 21.8 Å². The largest absolute Gasteiger partial charge is 0.474 e. The standard InChI is InChI=1S/C18H28N4O2/c1-14-2-4-16(5-3-14)24-17-12-15(6-7-20-17)13-21-18(19)22-8-10-23-11-9-22/h6-7,12,14,16H,2-5,8-11,13H2,1H3,(H2,19,21). The minimum atomic E-state index is 0.297. The van der Waals surface area contributed by atoms with Gasteiger partial charge in [0.05, 0.1) is 19.8 Å². The van der Waals surface area contributed by atoms with Crippen molar-refractivity contribution in [3.05, 3.63) is 23.9 Å². The third-order valence-corrected chi connectivity index (χ3v) is 4.81. The van der Waals surface area contributed by atoms with Crippen LogP contribution in [0.4, 0.5) is 0 Å². The van der Waals surface area contributed by atoms with Gasteiger partial charge in [0.1, 0.15) is 6.10 Å². The molecule has 1 aliphatic carbocycles. The van der Waals surface area contributed by atoms with Gasteiger partial charge in [-0.3, -0.25) is 0 Å². The number of aromatic nitrogens is 1. The Morgan fingerprint density at radius 1 is 1.33 bits per heavy atom. The summed E-state index contributed by atoms with van der Waals surface area (Å²) >= 11 is 0. The van der Waals surface area contributed by atoms with Crippen LogP contribution in [-0.4, -0.2) is 48.3 Å². The van der Waals surface area contributed by atoms with Crippen LogP contribution in [0.3, 0.4) is 0 Å². The fourth-order valence-electron chi connectivity index (χ4n) is 3.20. The van der Waals surface area contributed by atoms with E-state index in [1.165, 1.54) is 12.8 Å². The number of guanidine groups is 1. The number of ether oxygens (including phenoxy) is 2. The molecule has 6 nitrogen and oxygen atoms in total. The Balaban J connectivity index is 1.54. The molecule has 0 unspecified atom stereocenters. The molecule has 0 atom stereocenters. The second-order valence-electron chi connectivity index (χ2n) is 6.78. The number of hydrogen-bond donors (Lipinski definition) is 1. The first-order valence-electron chi connectivity index (χ1n) is 8.95. The van der Waals surface area contributed by atoms with Crippen LogP contribution >= 0.6 is 0 Å². The van der Waals surface area contributed by atoms with Gasteiger partial charge in [0.25, 0.3) is 0 Å². The first-order valence-corrected chi connectivity index (χ1v) is 8.95. The van der Waals surface area contributed by atoms with Gasteiger partial charge in [0.2, 0.25) is 5.88 Å². The van der Waals surface area contributed by atoms with Crippen molar-refractivity contribution in [1.82, 2.24) is 9.88 Å². The lowest BCUT2D eigenvalue weighted by Crippen LogP contribution is -2.44. The van der Waals surface area contributed by atoms with Crippen LogP contribution in [0.25, 0.3) is 0 Å². The van der Waals surface area contributed by atoms with E-state index in [1.807, 2.05) is 12.1 Å². The lowest BCUT2D eigenvalue weighted by Gasteiger charge is -2.27. The van der Waals surface area contributed by atoms with E-state index in [9.17, 15) is 0 Å². The van der Waals surface area contributed by atoms with Gasteiger partial charge in [-0.1, -0.05) is 6.92 Å². The molecule has 0 spiro atoms. The molecule has 0 aromatic carbocycles. The smallest absolute Gasteiger partial charge is 0.213 e. The predicted octanol–water partition coefficient (Wildman–Crippen LogP) is 2.19. The number of rotatable bonds is 4. The molecule has 1 saturated carbocycles. The van der Waals surface area contributed by atoms with E-state index in [4.69, 9.17) is 15.2 Å². The lowest BCUT2D eigenvalue weighted by atomic mass is 9.89. The van der Waals surface area contributed by atoms with Crippen molar-refractivity contribution in [3.63, 3.8) is 0 Å². The zero-order valence-corrected chi connectivity index (χ0v) is 14.5. The highest BCUT2D eigenvalue weighted by molar-refractivity contribution is 5.78. The van der Waals surface area contributed by atoms with Gasteiger partial charge in [0.15, 0.2) is 5.96 Å². The summed E-state index contributed by atoms with van der Waals surface area (Å²) in [6, 6.07) is 3.94. The van der Waals surface area contributed by atoms with E-state index in [1.54, 1.807) is 6.20 Å². The van der Waals surface area contributed by atoms with Crippen LogP contribution < -0.4 is 10.5 Å². The Labute approximate surface area is 144 Å². The molecule has 2 aliphatic rings. The SMILES string of the molecule is CC1CCC(Oc2cc(CN=C(N)N3CCOCC3)ccn2)CC1. The summed E-state index contributed by atoms with van der Waals surface area (Å²) in [5.41, 5.74) is 7.14. The topological polar surface area (TPSA) is 73.0 Å². The quantitative estimate of drug-likeness (QED) is 0.676. The highest BCUT2D eigenvalue weighted by Gasteiger charge is 2.20. The Morgan fingerprint density at radius 3 is 2.83 bits per heavy atom. The number of hydrogen-bond acceptors (Lipinski definition) is 4. The minimum absolute atomic E-state index is 0.297. The molecule has 24 heavy (non-hydrogen) atoms. The summed E-state index contributed by atoms with van der Waals surface area (Å²) in [5, 5.41) is 0. The van der Waals surface area contributed by atoms with Crippen LogP contribution in [0.5, 0.6) is 5.88 Å². The van der Waals surface area contributed by atoms with Crippen molar-refractivity contribution >= 4 is 5.96 Å². The van der Waals surface area contributed by atoms with Crippen LogP contribution in [-0.2, 0) is 11.3 Å². The summed E-state index contributed by atoms with van der Waals surface area (Å²) in [4.78, 5) is 10.9. The molecule has 6 heteroatoms. The van der Waals surface area contributed by atoms with Crippen LogP contribution in [0.15, 0.2) is 23.3 Å². The summed E-state index contributed by atoms with van der Waals surface area (Å²) in [6.45, 7) is 5.89. The maximum atomic E-state index is 6.07. The summed E-state index contributed by atoms with van der Waals surface area (Å²) in [6.07, 6.45) is 6.81. The van der Waals surface area contributed by atoms with E-state index < -0.39 is 0 Å². The number of pyridine rings is 1. The van der Waals surface area contributed by atoms with Crippen molar-refractivity contribution < 1.29 is 9.47 Å². The third-order valence-electron chi connectivity index (χ3n) is 4.81. The molecule has 3 rings (SSSR count). The molecule has 2 N–H and O–H groups in total. The predicted molar refractivity (Wildman–Crippen MR) is 94.0 cm³/mol. The highest BCUT2D eigenvalue weighted by atomic mass is 16.5. The first kappa shape index (κ1) is 17.0. The van der Waals surface area contributed by atoms with E-state index >= 15 is 0 Å². The fourth-order valence-corrected chi connectivity index (χ4v) is 3.20. The van der Waals surface area contributed by atoms with Crippen LogP contribution in [0, 0.1) is 5.92 Å². The zero-order chi connectivity index (χ0) is 16.8. The Bertz CT molecular complexity index is 550. The Morgan fingerprint density at radius 2 is 2.08 bits per heavy atom. The van der Waals surface area contributed by atoms with E-state index in [-0.39, 0.29) is 0 Å². The highest BCUT2D eigenvalue weighted by Crippen LogP contribution is 2.26. The molecule has 132 valence electrons. The van der Waals surface area contributed by atoms with Crippen molar-refractivity contribution in [3.8, 4) is 5.88 Å². The van der Waals surface area contributed by atoms with Gasteiger partial charge >= 0.3 is 0 Å². The van der Waals surface area contributed by atoms with E-state index in [0.29, 0.717) is 37.7 Å². The fraction of sp³-hybridized carbons (Fsp3) is 0.667. The zero-order valence-electron chi connectivity index (χ0n) is 14.5. The van der Waals surface area contributed by atoms with Gasteiger partial charge < -0.3 is 20.1 Å². The van der Waals surface area contributed by atoms with Gasteiger partial charge in [-0.25, -0.2) is 9.98 Å². The summed E-state index contributed by atoms with van der Waals surface area (Å²) in [7, 11) is 0. The molecule has 2 fully saturated rings. The summed E-state index contributed by atoms with van der Waals surface area (Å²) < 4.78 is 11.4. The molecular weight excluding hydrogens is 304 g/mol. The number of nitrogens with zero attached hydrogens (tertiary/aromatic N) is 3. The van der Waals surface area contributed by atoms with Crippen LogP contribution in [0.2, 0.25) is 0 Å². The number of aliphatic imine (C=N–C) groups is 1. The monoisotopic (exact) mass is 332 g/mol. The number of morpholine rings is 1. The molecule has 0 bridgehead atoms. The maximum absolute atomic E-state index is 6.07. The molecular formula is C18H28N4O2. The molecule has 1 saturated heterocycles. The summed E-state index contributed by atoms with van der Waals surface area (Å²) in [5.74, 6) is 2.10. The molecule has 1 aliphatic heterocycles. The second-order valence-corrected chi connectivity index (χ2v) is 6.78. The molecule has 0 amide bonds. The molecule has 2 heterocycles. The first-order chi connectivity index (χ1) is 11.7. The molecule has 1 aromatic heterocycles. The van der Waals surface area contributed by atoms with Crippen molar-refractivity contribution in [1.29, 1.82) is 0 Å². The van der Waals surface area contributed by atoms with Crippen molar-refractivity contribution in [2.75, 3.05) is 26.3 Å².